The monoisotopic (exact) mass is 240 g/mol. The van der Waals surface area contributed by atoms with Gasteiger partial charge in [-0.25, -0.2) is 4.79 Å². The molecule has 0 aromatic carbocycles. The molecule has 1 aromatic rings. The van der Waals surface area contributed by atoms with Crippen molar-refractivity contribution in [3.05, 3.63) is 33.1 Å². The third-order valence-electron chi connectivity index (χ3n) is 3.03. The average molecular weight is 240 g/mol. The zero-order chi connectivity index (χ0) is 12.4. The van der Waals surface area contributed by atoms with Gasteiger partial charge >= 0.3 is 5.69 Å². The molecule has 94 valence electrons. The van der Waals surface area contributed by atoms with Gasteiger partial charge in [-0.3, -0.25) is 14.3 Å². The van der Waals surface area contributed by atoms with E-state index in [1.807, 2.05) is 6.92 Å². The van der Waals surface area contributed by atoms with Crippen LogP contribution in [-0.2, 0) is 4.74 Å². The van der Waals surface area contributed by atoms with Crippen molar-refractivity contribution in [2.45, 2.75) is 32.1 Å². The van der Waals surface area contributed by atoms with Crippen LogP contribution in [0.25, 0.3) is 0 Å². The molecule has 6 nitrogen and oxygen atoms in total. The van der Waals surface area contributed by atoms with Crippen LogP contribution < -0.4 is 11.2 Å². The predicted molar refractivity (Wildman–Crippen MR) is 60.7 cm³/mol. The minimum absolute atomic E-state index is 0.0289. The Hall–Kier alpha value is -1.40. The number of nitrogens with zero attached hydrogens (tertiary/aromatic N) is 1. The summed E-state index contributed by atoms with van der Waals surface area (Å²) in [7, 11) is 0. The molecule has 0 amide bonds. The molecule has 0 spiro atoms. The van der Waals surface area contributed by atoms with Gasteiger partial charge in [0.05, 0.1) is 6.10 Å². The van der Waals surface area contributed by atoms with Crippen molar-refractivity contribution in [3.8, 4) is 0 Å². The van der Waals surface area contributed by atoms with Crippen LogP contribution in [0, 0.1) is 5.92 Å². The van der Waals surface area contributed by atoms with Gasteiger partial charge in [0.2, 0.25) is 0 Å². The number of hydrogen-bond donors (Lipinski definition) is 2. The minimum Gasteiger partial charge on any atom is -0.396 e. The Morgan fingerprint density at radius 1 is 1.59 bits per heavy atom. The highest BCUT2D eigenvalue weighted by Crippen LogP contribution is 2.34. The highest BCUT2D eigenvalue weighted by atomic mass is 16.5. The van der Waals surface area contributed by atoms with E-state index >= 15 is 0 Å². The normalized spacial score (nSPS) is 28.5. The second kappa shape index (κ2) is 4.85. The summed E-state index contributed by atoms with van der Waals surface area (Å²) in [6, 6.07) is 1.30. The first-order valence-corrected chi connectivity index (χ1v) is 5.69. The van der Waals surface area contributed by atoms with Crippen molar-refractivity contribution in [2.75, 3.05) is 6.61 Å². The van der Waals surface area contributed by atoms with E-state index in [9.17, 15) is 9.59 Å². The van der Waals surface area contributed by atoms with Crippen LogP contribution in [-0.4, -0.2) is 27.4 Å². The maximum Gasteiger partial charge on any atom is 0.330 e. The van der Waals surface area contributed by atoms with E-state index in [2.05, 4.69) is 4.98 Å². The van der Waals surface area contributed by atoms with Gasteiger partial charge in [-0.1, -0.05) is 6.92 Å². The van der Waals surface area contributed by atoms with Crippen LogP contribution in [0.15, 0.2) is 21.9 Å². The van der Waals surface area contributed by atoms with Gasteiger partial charge in [0.15, 0.2) is 0 Å². The molecule has 1 aromatic heterocycles. The number of rotatable bonds is 3. The van der Waals surface area contributed by atoms with E-state index in [1.165, 1.54) is 16.8 Å². The number of aliphatic hydroxyl groups excluding tert-OH is 1. The molecule has 17 heavy (non-hydrogen) atoms. The van der Waals surface area contributed by atoms with Crippen molar-refractivity contribution < 1.29 is 9.84 Å². The molecular weight excluding hydrogens is 224 g/mol. The zero-order valence-corrected chi connectivity index (χ0v) is 9.63. The summed E-state index contributed by atoms with van der Waals surface area (Å²) < 4.78 is 7.09. The topological polar surface area (TPSA) is 84.3 Å². The van der Waals surface area contributed by atoms with Crippen LogP contribution in [0.4, 0.5) is 0 Å². The van der Waals surface area contributed by atoms with Gasteiger partial charge in [0.1, 0.15) is 6.23 Å². The van der Waals surface area contributed by atoms with Crippen LogP contribution in [0.3, 0.4) is 0 Å². The number of hydrogen-bond acceptors (Lipinski definition) is 4. The standard InChI is InChI=1S/C11H16N2O4/c1-7-6-8(3-5-14)17-10(7)13-4-2-9(15)12-11(13)16/h2,4,7-8,10,14H,3,5-6H2,1H3,(H,12,15,16)/t7?,8-,10-/m1/s1. The molecule has 1 saturated heterocycles. The van der Waals surface area contributed by atoms with Crippen molar-refractivity contribution in [3.63, 3.8) is 0 Å². The molecule has 0 bridgehead atoms. The maximum atomic E-state index is 11.6. The van der Waals surface area contributed by atoms with Gasteiger partial charge in [0.25, 0.3) is 5.56 Å². The molecule has 0 aliphatic carbocycles. The van der Waals surface area contributed by atoms with Gasteiger partial charge in [-0.2, -0.15) is 0 Å². The fourth-order valence-electron chi connectivity index (χ4n) is 2.22. The summed E-state index contributed by atoms with van der Waals surface area (Å²) in [5, 5.41) is 8.86. The maximum absolute atomic E-state index is 11.6. The van der Waals surface area contributed by atoms with Gasteiger partial charge in [0, 0.05) is 24.8 Å². The fourth-order valence-corrected chi connectivity index (χ4v) is 2.22. The molecule has 6 heteroatoms. The molecule has 2 heterocycles. The third-order valence-corrected chi connectivity index (χ3v) is 3.03. The Kier molecular flexibility index (Phi) is 3.44. The molecule has 0 saturated carbocycles. The lowest BCUT2D eigenvalue weighted by molar-refractivity contribution is -0.0211. The van der Waals surface area contributed by atoms with Gasteiger partial charge in [-0.15, -0.1) is 0 Å². The summed E-state index contributed by atoms with van der Waals surface area (Å²) in [4.78, 5) is 24.8. The quantitative estimate of drug-likeness (QED) is 0.769. The van der Waals surface area contributed by atoms with E-state index < -0.39 is 11.2 Å². The molecular formula is C11H16N2O4. The van der Waals surface area contributed by atoms with E-state index in [0.717, 1.165) is 6.42 Å². The smallest absolute Gasteiger partial charge is 0.330 e. The number of aromatic amines is 1. The number of ether oxygens (including phenoxy) is 1. The lowest BCUT2D eigenvalue weighted by Crippen LogP contribution is -2.33. The molecule has 2 N–H and O–H groups in total. The third kappa shape index (κ3) is 2.48. The summed E-state index contributed by atoms with van der Waals surface area (Å²) >= 11 is 0. The largest absolute Gasteiger partial charge is 0.396 e. The molecule has 1 aliphatic heterocycles. The first kappa shape index (κ1) is 12.1. The van der Waals surface area contributed by atoms with Gasteiger partial charge in [-0.05, 0) is 12.8 Å². The van der Waals surface area contributed by atoms with Crippen LogP contribution in [0.5, 0.6) is 0 Å². The van der Waals surface area contributed by atoms with E-state index in [1.54, 1.807) is 0 Å². The highest BCUT2D eigenvalue weighted by molar-refractivity contribution is 4.87. The Balaban J connectivity index is 2.23. The number of aromatic nitrogens is 2. The molecule has 1 fully saturated rings. The van der Waals surface area contributed by atoms with Crippen molar-refractivity contribution in [1.29, 1.82) is 0 Å². The summed E-state index contributed by atoms with van der Waals surface area (Å²) in [5.74, 6) is 0.176. The lowest BCUT2D eigenvalue weighted by atomic mass is 10.0. The predicted octanol–water partition coefficient (Wildman–Crippen LogP) is -0.157. The minimum atomic E-state index is -0.459. The SMILES string of the molecule is CC1C[C@@H](CCO)O[C@H]1n1ccc(=O)[nH]c1=O. The summed E-state index contributed by atoms with van der Waals surface area (Å²) in [6.45, 7) is 2.06. The fraction of sp³-hybridized carbons (Fsp3) is 0.636. The molecule has 2 rings (SSSR count). The molecule has 1 unspecified atom stereocenters. The summed E-state index contributed by atoms with van der Waals surface area (Å²) in [5.41, 5.74) is -0.872. The van der Waals surface area contributed by atoms with E-state index in [-0.39, 0.29) is 24.9 Å². The lowest BCUT2D eigenvalue weighted by Gasteiger charge is -2.17. The second-order valence-electron chi connectivity index (χ2n) is 4.39. The highest BCUT2D eigenvalue weighted by Gasteiger charge is 2.33. The Labute approximate surface area is 97.9 Å². The zero-order valence-electron chi connectivity index (χ0n) is 9.63. The Bertz CT molecular complexity index is 493. The number of H-pyrrole nitrogens is 1. The first-order valence-electron chi connectivity index (χ1n) is 5.69. The van der Waals surface area contributed by atoms with Gasteiger partial charge < -0.3 is 9.84 Å². The van der Waals surface area contributed by atoms with Crippen LogP contribution in [0.2, 0.25) is 0 Å². The molecule has 3 atom stereocenters. The Morgan fingerprint density at radius 2 is 2.35 bits per heavy atom. The Morgan fingerprint density at radius 3 is 3.00 bits per heavy atom. The molecule has 0 radical (unpaired) electrons. The van der Waals surface area contributed by atoms with Crippen molar-refractivity contribution >= 4 is 0 Å². The number of aliphatic hydroxyl groups is 1. The van der Waals surface area contributed by atoms with E-state index in [4.69, 9.17) is 9.84 Å². The van der Waals surface area contributed by atoms with Crippen LogP contribution in [0.1, 0.15) is 26.0 Å². The number of nitrogens with one attached hydrogen (secondary N) is 1. The van der Waals surface area contributed by atoms with Crippen molar-refractivity contribution in [1.82, 2.24) is 9.55 Å². The summed E-state index contributed by atoms with van der Waals surface area (Å²) in [6.07, 6.45) is 2.43. The molecule has 1 aliphatic rings. The van der Waals surface area contributed by atoms with Crippen molar-refractivity contribution in [2.24, 2.45) is 5.92 Å². The second-order valence-corrected chi connectivity index (χ2v) is 4.39. The van der Waals surface area contributed by atoms with Crippen LogP contribution >= 0.6 is 0 Å². The van der Waals surface area contributed by atoms with E-state index in [0.29, 0.717) is 6.42 Å². The first-order chi connectivity index (χ1) is 8.11. The average Bonchev–Trinajstić information content (AvgIpc) is 2.60.